The third-order valence-corrected chi connectivity index (χ3v) is 4.42. The Kier molecular flexibility index (Phi) is 3.44. The highest BCUT2D eigenvalue weighted by Crippen LogP contribution is 2.35. The fraction of sp³-hybridized carbons (Fsp3) is 0.300. The van der Waals surface area contributed by atoms with Gasteiger partial charge in [0.15, 0.2) is 0 Å². The third-order valence-electron chi connectivity index (χ3n) is 2.63. The van der Waals surface area contributed by atoms with E-state index in [4.69, 9.17) is 32.1 Å². The van der Waals surface area contributed by atoms with Crippen LogP contribution in [0.5, 0.6) is 5.75 Å². The number of hydrogen-bond donors (Lipinski definition) is 1. The quantitative estimate of drug-likeness (QED) is 0.844. The maximum absolute atomic E-state index is 11.3. The molecule has 8 heteroatoms. The maximum Gasteiger partial charge on any atom is 0.310 e. The summed E-state index contributed by atoms with van der Waals surface area (Å²) in [5.74, 6) is -1.31. The van der Waals surface area contributed by atoms with Gasteiger partial charge in [-0.3, -0.25) is 4.79 Å². The van der Waals surface area contributed by atoms with Gasteiger partial charge in [0.2, 0.25) is 0 Å². The van der Waals surface area contributed by atoms with Gasteiger partial charge < -0.3 is 9.84 Å². The molecule has 0 aromatic heterocycles. The lowest BCUT2D eigenvalue weighted by Crippen LogP contribution is -2.28. The average Bonchev–Trinajstić information content (AvgIpc) is 2.25. The Balaban J connectivity index is 2.48. The van der Waals surface area contributed by atoms with Crippen LogP contribution in [0, 0.1) is 5.92 Å². The molecule has 0 radical (unpaired) electrons. The van der Waals surface area contributed by atoms with Gasteiger partial charge in [-0.05, 0) is 18.1 Å². The molecule has 1 aliphatic heterocycles. The first-order valence-corrected chi connectivity index (χ1v) is 7.60. The lowest BCUT2D eigenvalue weighted by Gasteiger charge is -2.23. The smallest absolute Gasteiger partial charge is 0.310 e. The van der Waals surface area contributed by atoms with Crippen LogP contribution >= 0.6 is 22.3 Å². The van der Waals surface area contributed by atoms with Gasteiger partial charge in [-0.15, -0.1) is 0 Å². The molecular weight excluding hydrogens is 303 g/mol. The fourth-order valence-corrected chi connectivity index (χ4v) is 3.27. The van der Waals surface area contributed by atoms with Gasteiger partial charge in [0.05, 0.1) is 10.9 Å². The monoisotopic (exact) mass is 310 g/mol. The summed E-state index contributed by atoms with van der Waals surface area (Å²) >= 11 is 5.78. The molecule has 1 atom stereocenters. The van der Waals surface area contributed by atoms with Crippen molar-refractivity contribution in [1.29, 1.82) is 0 Å². The summed E-state index contributed by atoms with van der Waals surface area (Å²) in [4.78, 5) is 10.6. The minimum Gasteiger partial charge on any atom is -0.492 e. The first kappa shape index (κ1) is 13.5. The van der Waals surface area contributed by atoms with Crippen LogP contribution in [0.15, 0.2) is 17.0 Å². The van der Waals surface area contributed by atoms with E-state index in [1.54, 1.807) is 0 Å². The van der Waals surface area contributed by atoms with E-state index in [0.717, 1.165) is 0 Å². The number of hydrogen-bond acceptors (Lipinski definition) is 4. The standard InChI is InChI=1S/C10H8Cl2O5S/c11-7-3-8-5(2-9(7)18(12,15)16)1-6(4-17-8)10(13)14/h2-3,6H,1,4H2,(H,13,14). The molecular formula is C10H8Cl2O5S. The second-order valence-electron chi connectivity index (χ2n) is 3.88. The molecule has 0 fully saturated rings. The molecule has 1 heterocycles. The SMILES string of the molecule is O=C(O)C1COc2cc(Cl)c(S(=O)(=O)Cl)cc2C1. The number of benzene rings is 1. The number of carboxylic acids is 1. The third kappa shape index (κ3) is 2.55. The van der Waals surface area contributed by atoms with Gasteiger partial charge in [-0.1, -0.05) is 11.6 Å². The molecule has 1 N–H and O–H groups in total. The van der Waals surface area contributed by atoms with Gasteiger partial charge in [0, 0.05) is 16.7 Å². The van der Waals surface area contributed by atoms with Gasteiger partial charge in [-0.25, -0.2) is 8.42 Å². The summed E-state index contributed by atoms with van der Waals surface area (Å²) in [6, 6.07) is 2.60. The number of carbonyl (C=O) groups is 1. The van der Waals surface area contributed by atoms with Crippen molar-refractivity contribution >= 4 is 37.3 Å². The number of halogens is 2. The second-order valence-corrected chi connectivity index (χ2v) is 6.82. The molecule has 18 heavy (non-hydrogen) atoms. The summed E-state index contributed by atoms with van der Waals surface area (Å²) in [6.45, 7) is 0.0334. The van der Waals surface area contributed by atoms with Gasteiger partial charge >= 0.3 is 5.97 Å². The maximum atomic E-state index is 11.3. The number of rotatable bonds is 2. The Labute approximate surface area is 113 Å². The molecule has 0 bridgehead atoms. The summed E-state index contributed by atoms with van der Waals surface area (Å²) in [6.07, 6.45) is 0.182. The Morgan fingerprint density at radius 3 is 2.67 bits per heavy atom. The van der Waals surface area contributed by atoms with E-state index in [1.165, 1.54) is 12.1 Å². The van der Waals surface area contributed by atoms with E-state index in [2.05, 4.69) is 0 Å². The highest BCUT2D eigenvalue weighted by atomic mass is 35.7. The fourth-order valence-electron chi connectivity index (χ4n) is 1.73. The van der Waals surface area contributed by atoms with Crippen LogP contribution in [0.1, 0.15) is 5.56 Å². The predicted octanol–water partition coefficient (Wildman–Crippen LogP) is 1.90. The Hall–Kier alpha value is -0.980. The van der Waals surface area contributed by atoms with E-state index in [0.29, 0.717) is 11.3 Å². The van der Waals surface area contributed by atoms with E-state index >= 15 is 0 Å². The molecule has 1 aromatic rings. The molecule has 1 aromatic carbocycles. The number of fused-ring (bicyclic) bond motifs is 1. The van der Waals surface area contributed by atoms with Crippen molar-refractivity contribution < 1.29 is 23.1 Å². The topological polar surface area (TPSA) is 80.7 Å². The lowest BCUT2D eigenvalue weighted by atomic mass is 9.97. The molecule has 1 aliphatic rings. The molecule has 0 amide bonds. The molecule has 5 nitrogen and oxygen atoms in total. The zero-order valence-corrected chi connectivity index (χ0v) is 11.2. The van der Waals surface area contributed by atoms with Crippen molar-refractivity contribution in [3.8, 4) is 5.75 Å². The Bertz CT molecular complexity index is 611. The van der Waals surface area contributed by atoms with Crippen LogP contribution in [0.2, 0.25) is 5.02 Å². The van der Waals surface area contributed by atoms with E-state index in [9.17, 15) is 13.2 Å². The van der Waals surface area contributed by atoms with E-state index < -0.39 is 20.9 Å². The molecule has 1 unspecified atom stereocenters. The van der Waals surface area contributed by atoms with Crippen LogP contribution < -0.4 is 4.74 Å². The van der Waals surface area contributed by atoms with Crippen LogP contribution in [0.25, 0.3) is 0 Å². The van der Waals surface area contributed by atoms with Crippen LogP contribution in [0.4, 0.5) is 0 Å². The highest BCUT2D eigenvalue weighted by molar-refractivity contribution is 8.13. The first-order chi connectivity index (χ1) is 8.29. The summed E-state index contributed by atoms with van der Waals surface area (Å²) in [5, 5.41) is 8.85. The van der Waals surface area contributed by atoms with Crippen LogP contribution in [-0.4, -0.2) is 26.1 Å². The van der Waals surface area contributed by atoms with E-state index in [1.807, 2.05) is 0 Å². The van der Waals surface area contributed by atoms with Gasteiger partial charge in [0.25, 0.3) is 9.05 Å². The van der Waals surface area contributed by atoms with Crippen molar-refractivity contribution in [3.05, 3.63) is 22.7 Å². The molecule has 0 aliphatic carbocycles. The summed E-state index contributed by atoms with van der Waals surface area (Å²) < 4.78 is 27.8. The van der Waals surface area contributed by atoms with Gasteiger partial charge in [-0.2, -0.15) is 0 Å². The molecule has 0 saturated carbocycles. The summed E-state index contributed by atoms with van der Waals surface area (Å²) in [7, 11) is 1.27. The number of ether oxygens (including phenoxy) is 1. The highest BCUT2D eigenvalue weighted by Gasteiger charge is 2.28. The minimum absolute atomic E-state index is 0.0334. The number of aliphatic carboxylic acids is 1. The summed E-state index contributed by atoms with van der Waals surface area (Å²) in [5.41, 5.74) is 0.470. The normalized spacial score (nSPS) is 18.9. The zero-order valence-electron chi connectivity index (χ0n) is 8.89. The number of carboxylic acid groups (broad SMARTS) is 1. The minimum atomic E-state index is -3.97. The lowest BCUT2D eigenvalue weighted by molar-refractivity contribution is -0.143. The van der Waals surface area contributed by atoms with Crippen molar-refractivity contribution in [2.24, 2.45) is 5.92 Å². The van der Waals surface area contributed by atoms with Crippen molar-refractivity contribution in [3.63, 3.8) is 0 Å². The Morgan fingerprint density at radius 2 is 2.11 bits per heavy atom. The van der Waals surface area contributed by atoms with E-state index in [-0.39, 0.29) is 22.9 Å². The Morgan fingerprint density at radius 1 is 1.44 bits per heavy atom. The predicted molar refractivity (Wildman–Crippen MR) is 64.8 cm³/mol. The molecule has 0 saturated heterocycles. The van der Waals surface area contributed by atoms with Crippen molar-refractivity contribution in [1.82, 2.24) is 0 Å². The van der Waals surface area contributed by atoms with Crippen LogP contribution in [0.3, 0.4) is 0 Å². The molecule has 98 valence electrons. The first-order valence-electron chi connectivity index (χ1n) is 4.91. The van der Waals surface area contributed by atoms with Crippen molar-refractivity contribution in [2.75, 3.05) is 6.61 Å². The second kappa shape index (κ2) is 4.60. The molecule has 2 rings (SSSR count). The largest absolute Gasteiger partial charge is 0.492 e. The van der Waals surface area contributed by atoms with Crippen LogP contribution in [-0.2, 0) is 20.3 Å². The average molecular weight is 311 g/mol. The van der Waals surface area contributed by atoms with Crippen molar-refractivity contribution in [2.45, 2.75) is 11.3 Å². The molecule has 0 spiro atoms. The van der Waals surface area contributed by atoms with Gasteiger partial charge in [0.1, 0.15) is 17.3 Å². The zero-order chi connectivity index (χ0) is 13.5.